The van der Waals surface area contributed by atoms with Crippen LogP contribution in [0.25, 0.3) is 27.8 Å². The van der Waals surface area contributed by atoms with Gasteiger partial charge in [0.25, 0.3) is 17.5 Å². The van der Waals surface area contributed by atoms with Crippen LogP contribution in [0.2, 0.25) is 0 Å². The molecule has 0 fully saturated rings. The van der Waals surface area contributed by atoms with Gasteiger partial charge >= 0.3 is 10.9 Å². The van der Waals surface area contributed by atoms with E-state index in [0.29, 0.717) is 5.90 Å². The summed E-state index contributed by atoms with van der Waals surface area (Å²) in [6.45, 7) is 0. The van der Waals surface area contributed by atoms with Crippen molar-refractivity contribution in [3.63, 3.8) is 0 Å². The number of aryl methyl sites for hydroxylation is 1. The Labute approximate surface area is 219 Å². The lowest BCUT2D eigenvalue weighted by Gasteiger charge is -2.17. The van der Waals surface area contributed by atoms with Gasteiger partial charge in [-0.15, -0.1) is 4.58 Å². The van der Waals surface area contributed by atoms with E-state index < -0.39 is 0 Å². The quantitative estimate of drug-likeness (QED) is 0.370. The largest absolute Gasteiger partial charge is 0.462 e. The Morgan fingerprint density at radius 1 is 0.973 bits per heavy atom. The zero-order valence-corrected chi connectivity index (χ0v) is 21.6. The maximum Gasteiger partial charge on any atom is 0.360 e. The molecule has 2 aliphatic heterocycles. The van der Waals surface area contributed by atoms with E-state index in [1.807, 2.05) is 18.2 Å². The number of likely N-dealkylation sites (N-methyl/N-ethyl adjacent to an activating group) is 1. The summed E-state index contributed by atoms with van der Waals surface area (Å²) in [6, 6.07) is 23.2. The van der Waals surface area contributed by atoms with Crippen molar-refractivity contribution < 1.29 is 14.3 Å². The molecule has 3 aromatic carbocycles. The summed E-state index contributed by atoms with van der Waals surface area (Å²) >= 11 is 1.72. The number of aliphatic hydroxyl groups excluding tert-OH is 1. The van der Waals surface area contributed by atoms with E-state index in [2.05, 4.69) is 119 Å². The summed E-state index contributed by atoms with van der Waals surface area (Å²) in [5.41, 5.74) is 4.57. The summed E-state index contributed by atoms with van der Waals surface area (Å²) in [4.78, 5) is 0. The topological polar surface area (TPSA) is 31.2 Å². The third-order valence-electron chi connectivity index (χ3n) is 7.64. The summed E-state index contributed by atoms with van der Waals surface area (Å²) in [5.74, 6) is 0.392. The molecule has 2 atom stereocenters. The second-order valence-electron chi connectivity index (χ2n) is 9.65. The van der Waals surface area contributed by atoms with Gasteiger partial charge in [0.2, 0.25) is 0 Å². The molecule has 0 saturated heterocycles. The molecule has 4 aromatic rings. The highest BCUT2D eigenvalue weighted by Crippen LogP contribution is 2.45. The Bertz CT molecular complexity index is 1830. The van der Waals surface area contributed by atoms with Crippen molar-refractivity contribution in [2.75, 3.05) is 7.05 Å². The smallest absolute Gasteiger partial charge is 0.360 e. The van der Waals surface area contributed by atoms with Crippen LogP contribution in [-0.2, 0) is 7.05 Å². The number of hydrogen-bond donors (Lipinski definition) is 1. The second kappa shape index (κ2) is 8.49. The van der Waals surface area contributed by atoms with Crippen molar-refractivity contribution in [1.82, 2.24) is 4.57 Å². The third kappa shape index (κ3) is 3.31. The molecule has 0 radical (unpaired) electrons. The third-order valence-corrected chi connectivity index (χ3v) is 8.99. The average Bonchev–Trinajstić information content (AvgIpc) is 3.42. The molecular formula is C32H27N3OS+2. The number of thioether (sulfide) groups is 1. The molecule has 0 saturated carbocycles. The predicted octanol–water partition coefficient (Wildman–Crippen LogP) is 5.60. The van der Waals surface area contributed by atoms with Crippen LogP contribution in [0.1, 0.15) is 10.8 Å². The number of benzene rings is 3. The molecule has 5 heteroatoms. The van der Waals surface area contributed by atoms with E-state index >= 15 is 0 Å². The maximum atomic E-state index is 11.5. The first-order chi connectivity index (χ1) is 18.1. The van der Waals surface area contributed by atoms with Crippen molar-refractivity contribution >= 4 is 51.1 Å². The number of aromatic nitrogens is 1. The highest BCUT2D eigenvalue weighted by atomic mass is 32.2. The van der Waals surface area contributed by atoms with Crippen LogP contribution < -0.4 is 5.35 Å². The molecule has 3 aliphatic rings. The maximum absolute atomic E-state index is 11.5. The molecule has 0 spiro atoms. The first-order valence-corrected chi connectivity index (χ1v) is 13.4. The Morgan fingerprint density at radius 2 is 1.78 bits per heavy atom. The molecule has 1 N–H and O–H groups in total. The van der Waals surface area contributed by atoms with Crippen molar-refractivity contribution in [1.29, 1.82) is 0 Å². The van der Waals surface area contributed by atoms with Gasteiger partial charge in [-0.1, -0.05) is 78.9 Å². The van der Waals surface area contributed by atoms with Crippen molar-refractivity contribution in [3.8, 4) is 0 Å². The van der Waals surface area contributed by atoms with Crippen LogP contribution in [0, 0.1) is 0 Å². The second-order valence-corrected chi connectivity index (χ2v) is 10.7. The fourth-order valence-corrected chi connectivity index (χ4v) is 7.20. The monoisotopic (exact) mass is 501 g/mol. The lowest BCUT2D eigenvalue weighted by Crippen LogP contribution is -2.42. The van der Waals surface area contributed by atoms with Crippen LogP contribution in [0.5, 0.6) is 0 Å². The molecule has 1 aromatic heterocycles. The van der Waals surface area contributed by atoms with Gasteiger partial charge in [-0.2, -0.15) is 4.58 Å². The molecule has 37 heavy (non-hydrogen) atoms. The molecule has 7 rings (SSSR count). The Hall–Kier alpha value is -4.09. The van der Waals surface area contributed by atoms with Gasteiger partial charge in [-0.3, -0.25) is 0 Å². The number of aliphatic hydroxyl groups is 1. The Morgan fingerprint density at radius 3 is 2.62 bits per heavy atom. The molecule has 0 bridgehead atoms. The SMILES string of the molecule is Cn1c(=C/C=C/C2=C3SC(c4ccccc4)C(O)=[N+]3C3C=CC=CC3=[N+]2C)c2cccc3cccc1c32. The standard InChI is InChI=1S/C32H26N3OS/c1-33-24(23-15-8-13-21-14-9-19-27(33)29(21)23)18-10-20-28-32-35(26-17-7-6-16-25(26)34(28)2)31(36)30(37-32)22-11-4-3-5-12-22/h3-20,26,30H,1-2H3/q+1/p+1/b20-10+,24-18?. The summed E-state index contributed by atoms with van der Waals surface area (Å²) in [7, 11) is 4.25. The number of fused-ring (bicyclic) bond motifs is 3. The Balaban J connectivity index is 1.38. The fraction of sp³-hybridized carbons (Fsp3) is 0.125. The molecule has 3 heterocycles. The summed E-state index contributed by atoms with van der Waals surface area (Å²) < 4.78 is 6.63. The van der Waals surface area contributed by atoms with E-state index in [-0.39, 0.29) is 11.3 Å². The van der Waals surface area contributed by atoms with E-state index in [1.165, 1.54) is 27.0 Å². The number of allylic oxidation sites excluding steroid dienone is 4. The molecule has 4 nitrogen and oxygen atoms in total. The van der Waals surface area contributed by atoms with E-state index in [1.54, 1.807) is 11.8 Å². The molecular weight excluding hydrogens is 474 g/mol. The number of rotatable bonds is 3. The van der Waals surface area contributed by atoms with Crippen molar-refractivity contribution in [2.24, 2.45) is 7.05 Å². The fourth-order valence-electron chi connectivity index (χ4n) is 5.82. The van der Waals surface area contributed by atoms with Gasteiger partial charge in [0, 0.05) is 40.8 Å². The zero-order valence-electron chi connectivity index (χ0n) is 20.7. The highest BCUT2D eigenvalue weighted by molar-refractivity contribution is 8.04. The Kier molecular flexibility index (Phi) is 5.08. The summed E-state index contributed by atoms with van der Waals surface area (Å²) in [6.07, 6.45) is 14.9. The average molecular weight is 502 g/mol. The van der Waals surface area contributed by atoms with Gasteiger partial charge in [0.05, 0.1) is 0 Å². The number of hydrogen-bond acceptors (Lipinski definition) is 1. The van der Waals surface area contributed by atoms with E-state index in [0.717, 1.165) is 22.0 Å². The van der Waals surface area contributed by atoms with Crippen LogP contribution in [0.3, 0.4) is 0 Å². The zero-order chi connectivity index (χ0) is 25.1. The van der Waals surface area contributed by atoms with Crippen molar-refractivity contribution in [2.45, 2.75) is 11.3 Å². The van der Waals surface area contributed by atoms with Crippen LogP contribution in [0.15, 0.2) is 114 Å². The van der Waals surface area contributed by atoms with Gasteiger partial charge in [0.15, 0.2) is 5.25 Å². The first-order valence-electron chi connectivity index (χ1n) is 12.5. The molecule has 0 amide bonds. The van der Waals surface area contributed by atoms with Crippen molar-refractivity contribution in [3.05, 3.63) is 125 Å². The molecule has 1 aliphatic carbocycles. The highest BCUT2D eigenvalue weighted by Gasteiger charge is 2.52. The van der Waals surface area contributed by atoms with Crippen LogP contribution >= 0.6 is 11.8 Å². The lowest BCUT2D eigenvalue weighted by molar-refractivity contribution is -0.540. The molecule has 180 valence electrons. The minimum atomic E-state index is -0.127. The van der Waals surface area contributed by atoms with Gasteiger partial charge in [-0.05, 0) is 40.9 Å². The predicted molar refractivity (Wildman–Crippen MR) is 154 cm³/mol. The summed E-state index contributed by atoms with van der Waals surface area (Å²) in [5, 5.41) is 17.4. The molecule has 2 unspecified atom stereocenters. The van der Waals surface area contributed by atoms with Crippen LogP contribution in [-0.4, -0.2) is 43.5 Å². The van der Waals surface area contributed by atoms with E-state index in [4.69, 9.17) is 0 Å². The number of nitrogens with zero attached hydrogens (tertiary/aromatic N) is 3. The van der Waals surface area contributed by atoms with Gasteiger partial charge < -0.3 is 9.67 Å². The van der Waals surface area contributed by atoms with Crippen LogP contribution in [0.4, 0.5) is 0 Å². The normalized spacial score (nSPS) is 21.8. The lowest BCUT2D eigenvalue weighted by atomic mass is 10.0. The van der Waals surface area contributed by atoms with Gasteiger partial charge in [0.1, 0.15) is 7.05 Å². The minimum Gasteiger partial charge on any atom is -0.462 e. The first kappa shape index (κ1) is 22.1. The minimum absolute atomic E-state index is 0.0187. The van der Waals surface area contributed by atoms with Gasteiger partial charge in [-0.25, -0.2) is 0 Å². The van der Waals surface area contributed by atoms with E-state index in [9.17, 15) is 5.11 Å².